The van der Waals surface area contributed by atoms with Crippen molar-refractivity contribution in [3.63, 3.8) is 0 Å². The van der Waals surface area contributed by atoms with Crippen LogP contribution in [0.3, 0.4) is 0 Å². The smallest absolute Gasteiger partial charge is 0.303 e. The van der Waals surface area contributed by atoms with E-state index in [0.717, 1.165) is 33.4 Å². The first kappa shape index (κ1) is 38.4. The maximum absolute atomic E-state index is 10.6. The molecule has 0 spiro atoms. The van der Waals surface area contributed by atoms with Crippen molar-refractivity contribution in [2.45, 2.75) is 91.9 Å². The molecule has 8 heteroatoms. The van der Waals surface area contributed by atoms with E-state index in [1.165, 1.54) is 0 Å². The standard InChI is InChI=1S/2C14H20O3.C6H10O2/c2*1-9-7-10(5-6-12(15)16)8-11(13(9)17)14(2,3)4;7-5-3-1-2-4-6-8/h2*7-8,17H,5-6H2,1-4H3,(H,15,16);1-4,7-8H,5-6H2. The number of phenolic OH excluding ortho intramolecular Hbond substituents is 2. The van der Waals surface area contributed by atoms with Gasteiger partial charge in [0.1, 0.15) is 11.5 Å². The molecule has 0 amide bonds. The quantitative estimate of drug-likeness (QED) is 0.192. The highest BCUT2D eigenvalue weighted by Crippen LogP contribution is 2.35. The summed E-state index contributed by atoms with van der Waals surface area (Å²) in [5.74, 6) is -0.964. The molecule has 0 unspecified atom stereocenters. The van der Waals surface area contributed by atoms with E-state index < -0.39 is 11.9 Å². The number of hydrogen-bond donors (Lipinski definition) is 6. The number of carboxylic acid groups (broad SMARTS) is 2. The molecule has 0 radical (unpaired) electrons. The Kier molecular flexibility index (Phi) is 16.5. The van der Waals surface area contributed by atoms with Crippen LogP contribution in [0.5, 0.6) is 11.5 Å². The Labute approximate surface area is 250 Å². The van der Waals surface area contributed by atoms with Crippen LogP contribution in [0.1, 0.15) is 87.8 Å². The van der Waals surface area contributed by atoms with Crippen LogP contribution >= 0.6 is 0 Å². The van der Waals surface area contributed by atoms with Crippen molar-refractivity contribution >= 4 is 11.9 Å². The maximum Gasteiger partial charge on any atom is 0.303 e. The summed E-state index contributed by atoms with van der Waals surface area (Å²) in [5.41, 5.74) is 4.99. The third kappa shape index (κ3) is 14.8. The van der Waals surface area contributed by atoms with Crippen molar-refractivity contribution in [3.05, 3.63) is 82.0 Å². The molecule has 0 saturated heterocycles. The van der Waals surface area contributed by atoms with Crippen LogP contribution in [0.2, 0.25) is 0 Å². The molecule has 234 valence electrons. The van der Waals surface area contributed by atoms with Crippen molar-refractivity contribution < 1.29 is 40.2 Å². The van der Waals surface area contributed by atoms with Gasteiger partial charge in [0.25, 0.3) is 0 Å². The number of benzene rings is 2. The van der Waals surface area contributed by atoms with Gasteiger partial charge in [0.2, 0.25) is 0 Å². The van der Waals surface area contributed by atoms with Gasteiger partial charge in [-0.3, -0.25) is 9.59 Å². The summed E-state index contributed by atoms with van der Waals surface area (Å²) in [6.45, 7) is 16.0. The molecule has 2 aromatic carbocycles. The van der Waals surface area contributed by atoms with Gasteiger partial charge in [-0.2, -0.15) is 0 Å². The number of aromatic hydroxyl groups is 2. The van der Waals surface area contributed by atoms with Crippen molar-refractivity contribution in [3.8, 4) is 11.5 Å². The lowest BCUT2D eigenvalue weighted by Crippen LogP contribution is -2.12. The van der Waals surface area contributed by atoms with Gasteiger partial charge in [0, 0.05) is 12.8 Å². The fourth-order valence-corrected chi connectivity index (χ4v) is 3.92. The highest BCUT2D eigenvalue weighted by atomic mass is 16.4. The molecule has 42 heavy (non-hydrogen) atoms. The fraction of sp³-hybridized carbons (Fsp3) is 0.471. The van der Waals surface area contributed by atoms with E-state index in [1.54, 1.807) is 24.3 Å². The van der Waals surface area contributed by atoms with Gasteiger partial charge in [0.15, 0.2) is 0 Å². The average Bonchev–Trinajstić information content (AvgIpc) is 2.87. The van der Waals surface area contributed by atoms with Crippen LogP contribution in [-0.4, -0.2) is 55.8 Å². The predicted molar refractivity (Wildman–Crippen MR) is 167 cm³/mol. The predicted octanol–water partition coefficient (Wildman–Crippen LogP) is 6.11. The molecule has 2 rings (SSSR count). The van der Waals surface area contributed by atoms with Gasteiger partial charge >= 0.3 is 11.9 Å². The fourth-order valence-electron chi connectivity index (χ4n) is 3.92. The molecule has 0 aromatic heterocycles. The number of aryl methyl sites for hydroxylation is 4. The molecule has 0 aliphatic rings. The Bertz CT molecular complexity index is 1120. The Morgan fingerprint density at radius 3 is 1.19 bits per heavy atom. The normalized spacial score (nSPS) is 11.6. The minimum atomic E-state index is -0.798. The molecule has 0 fully saturated rings. The second-order valence-corrected chi connectivity index (χ2v) is 12.1. The Hall–Kier alpha value is -3.62. The van der Waals surface area contributed by atoms with Crippen molar-refractivity contribution in [2.75, 3.05) is 13.2 Å². The Morgan fingerprint density at radius 1 is 0.643 bits per heavy atom. The summed E-state index contributed by atoms with van der Waals surface area (Å²) in [6, 6.07) is 7.53. The van der Waals surface area contributed by atoms with E-state index in [9.17, 15) is 19.8 Å². The molecule has 0 heterocycles. The molecular formula is C34H50O8. The number of aliphatic carboxylic acids is 2. The van der Waals surface area contributed by atoms with E-state index in [4.69, 9.17) is 20.4 Å². The first-order chi connectivity index (χ1) is 19.3. The second-order valence-electron chi connectivity index (χ2n) is 12.1. The molecule has 2 aromatic rings. The maximum atomic E-state index is 10.6. The third-order valence-corrected chi connectivity index (χ3v) is 6.19. The van der Waals surface area contributed by atoms with Gasteiger partial charge < -0.3 is 30.6 Å². The molecule has 0 aliphatic heterocycles. The van der Waals surface area contributed by atoms with Crippen LogP contribution < -0.4 is 0 Å². The lowest BCUT2D eigenvalue weighted by atomic mass is 9.83. The van der Waals surface area contributed by atoms with Crippen LogP contribution in [0.25, 0.3) is 0 Å². The summed E-state index contributed by atoms with van der Waals surface area (Å²) in [6.07, 6.45) is 7.77. The topological polar surface area (TPSA) is 156 Å². The highest BCUT2D eigenvalue weighted by molar-refractivity contribution is 5.67. The zero-order valence-electron chi connectivity index (χ0n) is 26.4. The summed E-state index contributed by atoms with van der Waals surface area (Å²) >= 11 is 0. The lowest BCUT2D eigenvalue weighted by molar-refractivity contribution is -0.138. The van der Waals surface area contributed by atoms with Gasteiger partial charge in [-0.1, -0.05) is 90.1 Å². The molecule has 0 atom stereocenters. The van der Waals surface area contributed by atoms with E-state index in [2.05, 4.69) is 0 Å². The monoisotopic (exact) mass is 586 g/mol. The number of carbonyl (C=O) groups is 2. The van der Waals surface area contributed by atoms with E-state index in [0.29, 0.717) is 24.3 Å². The van der Waals surface area contributed by atoms with Gasteiger partial charge in [-0.05, 0) is 70.9 Å². The van der Waals surface area contributed by atoms with Crippen LogP contribution in [0.4, 0.5) is 0 Å². The van der Waals surface area contributed by atoms with E-state index in [1.807, 2.05) is 79.7 Å². The van der Waals surface area contributed by atoms with Crippen LogP contribution in [0.15, 0.2) is 48.6 Å². The number of rotatable bonds is 9. The molecule has 0 bridgehead atoms. The zero-order valence-corrected chi connectivity index (χ0v) is 26.4. The molecule has 6 N–H and O–H groups in total. The Morgan fingerprint density at radius 2 is 0.952 bits per heavy atom. The molecule has 8 nitrogen and oxygen atoms in total. The zero-order chi connectivity index (χ0) is 32.7. The Balaban J connectivity index is 0.000000642. The van der Waals surface area contributed by atoms with E-state index >= 15 is 0 Å². The van der Waals surface area contributed by atoms with Crippen LogP contribution in [-0.2, 0) is 33.3 Å². The number of aliphatic hydroxyl groups excluding tert-OH is 2. The number of carboxylic acids is 2. The van der Waals surface area contributed by atoms with Crippen LogP contribution in [0, 0.1) is 13.8 Å². The molecule has 0 aliphatic carbocycles. The number of phenols is 2. The second kappa shape index (κ2) is 18.0. The highest BCUT2D eigenvalue weighted by Gasteiger charge is 2.21. The van der Waals surface area contributed by atoms with Crippen molar-refractivity contribution in [2.24, 2.45) is 0 Å². The average molecular weight is 587 g/mol. The van der Waals surface area contributed by atoms with Gasteiger partial charge in [0.05, 0.1) is 13.2 Å². The number of hydrogen-bond acceptors (Lipinski definition) is 6. The summed E-state index contributed by atoms with van der Waals surface area (Å²) in [7, 11) is 0. The van der Waals surface area contributed by atoms with Crippen molar-refractivity contribution in [1.82, 2.24) is 0 Å². The summed E-state index contributed by atoms with van der Waals surface area (Å²) in [5, 5.41) is 53.8. The van der Waals surface area contributed by atoms with Gasteiger partial charge in [-0.15, -0.1) is 0 Å². The lowest BCUT2D eigenvalue weighted by Gasteiger charge is -2.22. The number of aliphatic hydroxyl groups is 2. The largest absolute Gasteiger partial charge is 0.507 e. The first-order valence-electron chi connectivity index (χ1n) is 14.0. The SMILES string of the molecule is Cc1cc(CCC(=O)O)cc(C(C)(C)C)c1O.Cc1cc(CCC(=O)O)cc(C(C)(C)C)c1O.OCC=CC=CCO. The summed E-state index contributed by atoms with van der Waals surface area (Å²) < 4.78 is 0. The molecule has 0 saturated carbocycles. The van der Waals surface area contributed by atoms with E-state index in [-0.39, 0.29) is 36.9 Å². The molecular weight excluding hydrogens is 536 g/mol. The minimum absolute atomic E-state index is 0.0514. The van der Waals surface area contributed by atoms with Gasteiger partial charge in [-0.25, -0.2) is 0 Å². The third-order valence-electron chi connectivity index (χ3n) is 6.19. The van der Waals surface area contributed by atoms with Crippen molar-refractivity contribution in [1.29, 1.82) is 0 Å². The minimum Gasteiger partial charge on any atom is -0.507 e. The number of allylic oxidation sites excluding steroid dienone is 2. The first-order valence-corrected chi connectivity index (χ1v) is 14.0. The summed E-state index contributed by atoms with van der Waals surface area (Å²) in [4.78, 5) is 21.1.